The third kappa shape index (κ3) is 3.43. The molecule has 8 nitrogen and oxygen atoms in total. The quantitative estimate of drug-likeness (QED) is 0.697. The third-order valence-electron chi connectivity index (χ3n) is 5.76. The second-order valence-corrected chi connectivity index (χ2v) is 7.91. The summed E-state index contributed by atoms with van der Waals surface area (Å²) in [5.74, 6) is -0.318. The van der Waals surface area contributed by atoms with Crippen LogP contribution in [-0.4, -0.2) is 39.6 Å². The number of ether oxygens (including phenoxy) is 1. The van der Waals surface area contributed by atoms with Crippen LogP contribution in [-0.2, 0) is 16.0 Å². The van der Waals surface area contributed by atoms with Crippen molar-refractivity contribution in [3.63, 3.8) is 0 Å². The Morgan fingerprint density at radius 2 is 2.03 bits per heavy atom. The van der Waals surface area contributed by atoms with Crippen molar-refractivity contribution in [2.24, 2.45) is 0 Å². The molecule has 30 heavy (non-hydrogen) atoms. The molecular formula is C22H23N5O3. The highest BCUT2D eigenvalue weighted by Crippen LogP contribution is 2.32. The minimum atomic E-state index is -0.280. The van der Waals surface area contributed by atoms with Gasteiger partial charge in [0.25, 0.3) is 5.91 Å². The van der Waals surface area contributed by atoms with Crippen LogP contribution in [0.1, 0.15) is 46.8 Å². The number of carbonyl (C=O) groups is 2. The molecule has 0 radical (unpaired) electrons. The van der Waals surface area contributed by atoms with Crippen molar-refractivity contribution in [3.05, 3.63) is 47.4 Å². The molecule has 2 aliphatic rings. The summed E-state index contributed by atoms with van der Waals surface area (Å²) in [6, 6.07) is 5.99. The third-order valence-corrected chi connectivity index (χ3v) is 5.76. The smallest absolute Gasteiger partial charge is 0.257 e. The number of carbonyl (C=O) groups excluding carboxylic acids is 2. The number of fused-ring (bicyclic) bond motifs is 2. The van der Waals surface area contributed by atoms with Gasteiger partial charge >= 0.3 is 0 Å². The lowest BCUT2D eigenvalue weighted by molar-refractivity contribution is -0.116. The summed E-state index contributed by atoms with van der Waals surface area (Å²) in [5.41, 5.74) is 5.25. The lowest BCUT2D eigenvalue weighted by Gasteiger charge is -2.23. The number of nitrogens with zero attached hydrogens (tertiary/aromatic N) is 3. The van der Waals surface area contributed by atoms with Crippen LogP contribution in [0, 0.1) is 6.92 Å². The van der Waals surface area contributed by atoms with Gasteiger partial charge in [-0.15, -0.1) is 0 Å². The van der Waals surface area contributed by atoms with Crippen molar-refractivity contribution in [1.82, 2.24) is 14.5 Å². The molecule has 2 aliphatic heterocycles. The number of hydrogen-bond acceptors (Lipinski definition) is 5. The molecule has 1 saturated heterocycles. The highest BCUT2D eigenvalue weighted by molar-refractivity contribution is 6.09. The van der Waals surface area contributed by atoms with E-state index in [1.54, 1.807) is 18.6 Å². The number of benzene rings is 1. The summed E-state index contributed by atoms with van der Waals surface area (Å²) in [6.45, 7) is 3.45. The van der Waals surface area contributed by atoms with Gasteiger partial charge in [-0.25, -0.2) is 9.97 Å². The first-order valence-corrected chi connectivity index (χ1v) is 10.2. The van der Waals surface area contributed by atoms with E-state index >= 15 is 0 Å². The second kappa shape index (κ2) is 7.53. The molecule has 4 heterocycles. The zero-order chi connectivity index (χ0) is 20.7. The number of aryl methyl sites for hydroxylation is 2. The van der Waals surface area contributed by atoms with E-state index in [-0.39, 0.29) is 11.8 Å². The first-order valence-electron chi connectivity index (χ1n) is 10.2. The van der Waals surface area contributed by atoms with Gasteiger partial charge in [-0.05, 0) is 49.4 Å². The lowest BCUT2D eigenvalue weighted by Crippen LogP contribution is -2.22. The van der Waals surface area contributed by atoms with Gasteiger partial charge in [0, 0.05) is 31.9 Å². The minimum Gasteiger partial charge on any atom is -0.381 e. The first-order chi connectivity index (χ1) is 14.6. The number of rotatable bonds is 3. The van der Waals surface area contributed by atoms with E-state index in [9.17, 15) is 9.59 Å². The van der Waals surface area contributed by atoms with Crippen LogP contribution < -0.4 is 10.6 Å². The van der Waals surface area contributed by atoms with Crippen molar-refractivity contribution in [3.8, 4) is 0 Å². The van der Waals surface area contributed by atoms with Crippen LogP contribution in [0.4, 0.5) is 11.4 Å². The largest absolute Gasteiger partial charge is 0.381 e. The molecule has 0 bridgehead atoms. The van der Waals surface area contributed by atoms with Crippen molar-refractivity contribution in [2.45, 2.75) is 38.6 Å². The van der Waals surface area contributed by atoms with E-state index in [2.05, 4.69) is 25.2 Å². The molecular weight excluding hydrogens is 382 g/mol. The Bertz CT molecular complexity index is 1150. The fourth-order valence-corrected chi connectivity index (χ4v) is 4.22. The summed E-state index contributed by atoms with van der Waals surface area (Å²) in [4.78, 5) is 33.8. The molecule has 1 aromatic carbocycles. The highest BCUT2D eigenvalue weighted by Gasteiger charge is 2.22. The average molecular weight is 405 g/mol. The maximum absolute atomic E-state index is 12.9. The maximum Gasteiger partial charge on any atom is 0.257 e. The maximum atomic E-state index is 12.9. The van der Waals surface area contributed by atoms with Crippen LogP contribution in [0.2, 0.25) is 0 Å². The monoisotopic (exact) mass is 405 g/mol. The number of hydrogen-bond donors (Lipinski definition) is 2. The van der Waals surface area contributed by atoms with Crippen LogP contribution in [0.3, 0.4) is 0 Å². The van der Waals surface area contributed by atoms with Gasteiger partial charge < -0.3 is 19.9 Å². The molecule has 2 aromatic heterocycles. The number of nitrogens with one attached hydrogen (secondary N) is 2. The van der Waals surface area contributed by atoms with Gasteiger partial charge in [0.2, 0.25) is 5.91 Å². The van der Waals surface area contributed by atoms with E-state index in [0.29, 0.717) is 41.3 Å². The highest BCUT2D eigenvalue weighted by atomic mass is 16.5. The number of aromatic nitrogens is 3. The van der Waals surface area contributed by atoms with Gasteiger partial charge in [-0.2, -0.15) is 0 Å². The Hall–Kier alpha value is -3.26. The van der Waals surface area contributed by atoms with Crippen molar-refractivity contribution >= 4 is 34.4 Å². The number of anilines is 2. The van der Waals surface area contributed by atoms with Gasteiger partial charge in [0.15, 0.2) is 5.65 Å². The summed E-state index contributed by atoms with van der Waals surface area (Å²) >= 11 is 0. The van der Waals surface area contributed by atoms with Crippen LogP contribution in [0.25, 0.3) is 11.2 Å². The molecule has 2 N–H and O–H groups in total. The fourth-order valence-electron chi connectivity index (χ4n) is 4.22. The van der Waals surface area contributed by atoms with E-state index in [1.807, 2.05) is 19.1 Å². The summed E-state index contributed by atoms with van der Waals surface area (Å²) in [5, 5.41) is 5.82. The first kappa shape index (κ1) is 18.7. The van der Waals surface area contributed by atoms with Gasteiger partial charge in [-0.1, -0.05) is 6.07 Å². The molecule has 0 aliphatic carbocycles. The molecule has 5 rings (SSSR count). The fraction of sp³-hybridized carbons (Fsp3) is 0.364. The predicted octanol–water partition coefficient (Wildman–Crippen LogP) is 3.23. The van der Waals surface area contributed by atoms with Crippen molar-refractivity contribution < 1.29 is 14.3 Å². The van der Waals surface area contributed by atoms with Gasteiger partial charge in [-0.3, -0.25) is 9.59 Å². The minimum absolute atomic E-state index is 0.0383. The van der Waals surface area contributed by atoms with Gasteiger partial charge in [0.05, 0.1) is 23.3 Å². The number of pyridine rings is 1. The number of amides is 2. The Balaban J connectivity index is 1.42. The van der Waals surface area contributed by atoms with E-state index in [1.165, 1.54) is 0 Å². The molecule has 1 fully saturated rings. The Morgan fingerprint density at radius 1 is 1.20 bits per heavy atom. The van der Waals surface area contributed by atoms with E-state index in [4.69, 9.17) is 4.74 Å². The summed E-state index contributed by atoms with van der Waals surface area (Å²) < 4.78 is 7.51. The Morgan fingerprint density at radius 3 is 2.87 bits per heavy atom. The van der Waals surface area contributed by atoms with Crippen LogP contribution >= 0.6 is 0 Å². The second-order valence-electron chi connectivity index (χ2n) is 7.91. The summed E-state index contributed by atoms with van der Waals surface area (Å²) in [7, 11) is 0. The molecule has 154 valence electrons. The van der Waals surface area contributed by atoms with E-state index < -0.39 is 0 Å². The van der Waals surface area contributed by atoms with Gasteiger partial charge in [0.1, 0.15) is 5.52 Å². The molecule has 0 spiro atoms. The molecule has 0 saturated carbocycles. The predicted molar refractivity (Wildman–Crippen MR) is 113 cm³/mol. The van der Waals surface area contributed by atoms with Crippen molar-refractivity contribution in [1.29, 1.82) is 0 Å². The van der Waals surface area contributed by atoms with Crippen LogP contribution in [0.15, 0.2) is 30.7 Å². The molecule has 8 heteroatoms. The van der Waals surface area contributed by atoms with Crippen LogP contribution in [0.5, 0.6) is 0 Å². The normalized spacial score (nSPS) is 16.9. The molecule has 0 atom stereocenters. The molecule has 0 unspecified atom stereocenters. The average Bonchev–Trinajstić information content (AvgIpc) is 3.18. The molecule has 2 amide bonds. The lowest BCUT2D eigenvalue weighted by atomic mass is 9.99. The Labute approximate surface area is 173 Å². The number of imidazole rings is 1. The Kier molecular flexibility index (Phi) is 4.71. The standard InChI is InChI=1S/C22H23N5O3/c1-13-8-14-2-3-19(28)26-20(14)17(9-13)25-22(29)15-10-18-21(23-11-15)27(12-24-18)16-4-6-30-7-5-16/h8-12,16H,2-7H2,1H3,(H,25,29)(H,26,28). The zero-order valence-corrected chi connectivity index (χ0v) is 16.8. The summed E-state index contributed by atoms with van der Waals surface area (Å²) in [6.07, 6.45) is 6.36. The van der Waals surface area contributed by atoms with Crippen molar-refractivity contribution in [2.75, 3.05) is 23.8 Å². The zero-order valence-electron chi connectivity index (χ0n) is 16.8. The topological polar surface area (TPSA) is 98.1 Å². The SMILES string of the molecule is Cc1cc2c(c(NC(=O)c3cnc4c(c3)ncn4C3CCOCC3)c1)NC(=O)CC2. The molecule has 3 aromatic rings. The van der Waals surface area contributed by atoms with E-state index in [0.717, 1.165) is 42.8 Å².